The van der Waals surface area contributed by atoms with Crippen molar-refractivity contribution in [3.05, 3.63) is 40.4 Å². The zero-order valence-corrected chi connectivity index (χ0v) is 13.9. The molecule has 0 spiro atoms. The maximum Gasteiger partial charge on any atom is 0.321 e. The van der Waals surface area contributed by atoms with Gasteiger partial charge in [0, 0.05) is 19.5 Å². The molecule has 0 aliphatic carbocycles. The van der Waals surface area contributed by atoms with Crippen molar-refractivity contribution >= 4 is 22.5 Å². The van der Waals surface area contributed by atoms with Gasteiger partial charge in [-0.25, -0.2) is 4.79 Å². The fraction of sp³-hybridized carbons (Fsp3) is 0.400. The minimum atomic E-state index is -0.250. The molecule has 2 rings (SSSR count). The van der Waals surface area contributed by atoms with E-state index in [-0.39, 0.29) is 6.03 Å². The van der Waals surface area contributed by atoms with Crippen LogP contribution in [0.1, 0.15) is 16.1 Å². The number of carbonyl (C=O) groups excluding carboxylic acids is 1. The van der Waals surface area contributed by atoms with Gasteiger partial charge in [0.1, 0.15) is 5.01 Å². The van der Waals surface area contributed by atoms with Crippen molar-refractivity contribution < 1.29 is 4.79 Å². The number of nitrogens with one attached hydrogen (secondary N) is 2. The Morgan fingerprint density at radius 3 is 2.64 bits per heavy atom. The van der Waals surface area contributed by atoms with Crippen LogP contribution in [0, 0.1) is 6.92 Å². The number of anilines is 1. The number of urea groups is 1. The molecule has 0 unspecified atom stereocenters. The summed E-state index contributed by atoms with van der Waals surface area (Å²) >= 11 is 1.40. The SMILES string of the molecule is Cc1ccc(Cc2nnc(NC(=O)NCCN(C)C)s2)cc1. The second kappa shape index (κ2) is 7.86. The molecule has 1 aromatic heterocycles. The summed E-state index contributed by atoms with van der Waals surface area (Å²) in [5, 5.41) is 15.0. The van der Waals surface area contributed by atoms with E-state index in [1.807, 2.05) is 19.0 Å². The zero-order chi connectivity index (χ0) is 15.9. The molecule has 0 saturated carbocycles. The van der Waals surface area contributed by atoms with Gasteiger partial charge in [0.05, 0.1) is 0 Å². The molecule has 0 radical (unpaired) electrons. The number of hydrogen-bond donors (Lipinski definition) is 2. The molecule has 6 nitrogen and oxygen atoms in total. The van der Waals surface area contributed by atoms with Gasteiger partial charge < -0.3 is 10.2 Å². The lowest BCUT2D eigenvalue weighted by molar-refractivity contribution is 0.250. The van der Waals surface area contributed by atoms with E-state index in [1.54, 1.807) is 0 Å². The first-order chi connectivity index (χ1) is 10.5. The molecule has 1 aromatic carbocycles. The Labute approximate surface area is 134 Å². The molecule has 2 N–H and O–H groups in total. The van der Waals surface area contributed by atoms with Gasteiger partial charge in [-0.05, 0) is 26.6 Å². The Kier molecular flexibility index (Phi) is 5.85. The van der Waals surface area contributed by atoms with E-state index in [0.717, 1.165) is 18.0 Å². The van der Waals surface area contributed by atoms with Crippen LogP contribution in [-0.4, -0.2) is 48.3 Å². The Morgan fingerprint density at radius 1 is 1.23 bits per heavy atom. The topological polar surface area (TPSA) is 70.1 Å². The highest BCUT2D eigenvalue weighted by atomic mass is 32.1. The summed E-state index contributed by atoms with van der Waals surface area (Å²) in [4.78, 5) is 13.7. The van der Waals surface area contributed by atoms with Gasteiger partial charge in [-0.3, -0.25) is 5.32 Å². The van der Waals surface area contributed by atoms with Gasteiger partial charge in [0.25, 0.3) is 0 Å². The third-order valence-corrected chi connectivity index (χ3v) is 3.85. The standard InChI is InChI=1S/C15H21N5OS/c1-11-4-6-12(7-5-11)10-13-18-19-15(22-13)17-14(21)16-8-9-20(2)3/h4-7H,8-10H2,1-3H3,(H2,16,17,19,21). The number of amides is 2. The highest BCUT2D eigenvalue weighted by Gasteiger charge is 2.08. The third-order valence-electron chi connectivity index (χ3n) is 3.01. The number of likely N-dealkylation sites (N-methyl/N-ethyl adjacent to an activating group) is 1. The van der Waals surface area contributed by atoms with Crippen LogP contribution in [-0.2, 0) is 6.42 Å². The number of hydrogen-bond acceptors (Lipinski definition) is 5. The van der Waals surface area contributed by atoms with Crippen molar-refractivity contribution in [1.82, 2.24) is 20.4 Å². The van der Waals surface area contributed by atoms with Gasteiger partial charge in [-0.1, -0.05) is 41.2 Å². The molecule has 0 aliphatic heterocycles. The van der Waals surface area contributed by atoms with Crippen LogP contribution in [0.25, 0.3) is 0 Å². The van der Waals surface area contributed by atoms with Crippen LogP contribution in [0.5, 0.6) is 0 Å². The molecule has 2 aromatic rings. The van der Waals surface area contributed by atoms with Crippen LogP contribution in [0.2, 0.25) is 0 Å². The van der Waals surface area contributed by atoms with E-state index < -0.39 is 0 Å². The Balaban J connectivity index is 1.83. The van der Waals surface area contributed by atoms with Crippen molar-refractivity contribution in [2.45, 2.75) is 13.3 Å². The number of nitrogens with zero attached hydrogens (tertiary/aromatic N) is 3. The van der Waals surface area contributed by atoms with Crippen molar-refractivity contribution in [1.29, 1.82) is 0 Å². The smallest absolute Gasteiger partial charge is 0.321 e. The fourth-order valence-corrected chi connectivity index (χ4v) is 2.56. The molecular formula is C15H21N5OS. The highest BCUT2D eigenvalue weighted by Crippen LogP contribution is 2.18. The van der Waals surface area contributed by atoms with Crippen molar-refractivity contribution in [2.24, 2.45) is 0 Å². The van der Waals surface area contributed by atoms with E-state index >= 15 is 0 Å². The monoisotopic (exact) mass is 319 g/mol. The summed E-state index contributed by atoms with van der Waals surface area (Å²) in [7, 11) is 3.92. The summed E-state index contributed by atoms with van der Waals surface area (Å²) in [6, 6.07) is 8.07. The predicted octanol–water partition coefficient (Wildman–Crippen LogP) is 2.12. The number of aromatic nitrogens is 2. The highest BCUT2D eigenvalue weighted by molar-refractivity contribution is 7.15. The Bertz CT molecular complexity index is 609. The van der Waals surface area contributed by atoms with Crippen LogP contribution in [0.4, 0.5) is 9.93 Å². The lowest BCUT2D eigenvalue weighted by Crippen LogP contribution is -2.34. The Hall–Kier alpha value is -1.99. The minimum Gasteiger partial charge on any atom is -0.337 e. The molecule has 22 heavy (non-hydrogen) atoms. The number of carbonyl (C=O) groups is 1. The average Bonchev–Trinajstić information content (AvgIpc) is 2.88. The lowest BCUT2D eigenvalue weighted by Gasteiger charge is -2.09. The van der Waals surface area contributed by atoms with Crippen molar-refractivity contribution in [2.75, 3.05) is 32.5 Å². The van der Waals surface area contributed by atoms with Gasteiger partial charge in [-0.15, -0.1) is 10.2 Å². The van der Waals surface area contributed by atoms with Crippen LogP contribution < -0.4 is 10.6 Å². The number of benzene rings is 1. The van der Waals surface area contributed by atoms with Gasteiger partial charge >= 0.3 is 6.03 Å². The van der Waals surface area contributed by atoms with Crippen molar-refractivity contribution in [3.63, 3.8) is 0 Å². The van der Waals surface area contributed by atoms with Crippen molar-refractivity contribution in [3.8, 4) is 0 Å². The largest absolute Gasteiger partial charge is 0.337 e. The van der Waals surface area contributed by atoms with E-state index in [2.05, 4.69) is 52.0 Å². The van der Waals surface area contributed by atoms with Crippen LogP contribution >= 0.6 is 11.3 Å². The summed E-state index contributed by atoms with van der Waals surface area (Å²) in [5.41, 5.74) is 2.42. The normalized spacial score (nSPS) is 10.7. The lowest BCUT2D eigenvalue weighted by atomic mass is 10.1. The number of aryl methyl sites for hydroxylation is 1. The first kappa shape index (κ1) is 16.4. The fourth-order valence-electron chi connectivity index (χ4n) is 1.79. The van der Waals surface area contributed by atoms with E-state index in [9.17, 15) is 4.79 Å². The molecule has 7 heteroatoms. The number of rotatable bonds is 6. The Morgan fingerprint density at radius 2 is 1.95 bits per heavy atom. The molecule has 0 fully saturated rings. The van der Waals surface area contributed by atoms with E-state index in [1.165, 1.54) is 22.5 Å². The van der Waals surface area contributed by atoms with Crippen LogP contribution in [0.15, 0.2) is 24.3 Å². The molecule has 0 bridgehead atoms. The summed E-state index contributed by atoms with van der Waals surface area (Å²) in [6.07, 6.45) is 0.724. The predicted molar refractivity (Wildman–Crippen MR) is 89.5 cm³/mol. The molecule has 118 valence electrons. The van der Waals surface area contributed by atoms with Gasteiger partial charge in [-0.2, -0.15) is 0 Å². The molecular weight excluding hydrogens is 298 g/mol. The van der Waals surface area contributed by atoms with E-state index in [0.29, 0.717) is 11.7 Å². The minimum absolute atomic E-state index is 0.250. The van der Waals surface area contributed by atoms with Crippen LogP contribution in [0.3, 0.4) is 0 Å². The van der Waals surface area contributed by atoms with Gasteiger partial charge in [0.15, 0.2) is 0 Å². The first-order valence-corrected chi connectivity index (χ1v) is 7.92. The summed E-state index contributed by atoms with van der Waals surface area (Å²) in [6.45, 7) is 3.45. The molecule has 2 amide bonds. The maximum atomic E-state index is 11.7. The molecule has 0 aliphatic rings. The third kappa shape index (κ3) is 5.42. The average molecular weight is 319 g/mol. The molecule has 0 saturated heterocycles. The first-order valence-electron chi connectivity index (χ1n) is 7.10. The second-order valence-electron chi connectivity index (χ2n) is 5.35. The molecule has 0 atom stereocenters. The maximum absolute atomic E-state index is 11.7. The molecule has 1 heterocycles. The van der Waals surface area contributed by atoms with Gasteiger partial charge in [0.2, 0.25) is 5.13 Å². The quantitative estimate of drug-likeness (QED) is 0.855. The van der Waals surface area contributed by atoms with E-state index in [4.69, 9.17) is 0 Å². The zero-order valence-electron chi connectivity index (χ0n) is 13.1. The summed E-state index contributed by atoms with van der Waals surface area (Å²) < 4.78 is 0. The second-order valence-corrected chi connectivity index (χ2v) is 6.41. The summed E-state index contributed by atoms with van der Waals surface area (Å²) in [5.74, 6) is 0.